The van der Waals surface area contributed by atoms with Crippen molar-refractivity contribution in [1.82, 2.24) is 0 Å². The number of hydrogen-bond acceptors (Lipinski definition) is 2. The van der Waals surface area contributed by atoms with Crippen LogP contribution in [0.25, 0.3) is 0 Å². The lowest BCUT2D eigenvalue weighted by molar-refractivity contribution is 0.0113. The standard InChI is InChI=1S/C10H21NO/c1-9(2,11)8-10(3)4-6-12-7-5-10/h4-8,11H2,1-3H3. The van der Waals surface area contributed by atoms with Crippen LogP contribution in [0.5, 0.6) is 0 Å². The van der Waals surface area contributed by atoms with Gasteiger partial charge >= 0.3 is 0 Å². The van der Waals surface area contributed by atoms with Gasteiger partial charge < -0.3 is 10.5 Å². The van der Waals surface area contributed by atoms with Gasteiger partial charge in [-0.15, -0.1) is 0 Å². The van der Waals surface area contributed by atoms with E-state index in [2.05, 4.69) is 20.8 Å². The van der Waals surface area contributed by atoms with Crippen molar-refractivity contribution >= 4 is 0 Å². The highest BCUT2D eigenvalue weighted by Gasteiger charge is 2.31. The molecule has 0 bridgehead atoms. The summed E-state index contributed by atoms with van der Waals surface area (Å²) in [6.07, 6.45) is 3.42. The lowest BCUT2D eigenvalue weighted by atomic mass is 9.74. The quantitative estimate of drug-likeness (QED) is 0.689. The van der Waals surface area contributed by atoms with Crippen LogP contribution >= 0.6 is 0 Å². The average molecular weight is 171 g/mol. The molecule has 0 spiro atoms. The predicted octanol–water partition coefficient (Wildman–Crippen LogP) is 1.93. The van der Waals surface area contributed by atoms with Crippen molar-refractivity contribution in [3.8, 4) is 0 Å². The number of ether oxygens (including phenoxy) is 1. The third-order valence-electron chi connectivity index (χ3n) is 2.58. The molecule has 1 rings (SSSR count). The molecule has 0 aliphatic carbocycles. The van der Waals surface area contributed by atoms with Crippen molar-refractivity contribution in [2.45, 2.75) is 45.6 Å². The molecule has 1 heterocycles. The summed E-state index contributed by atoms with van der Waals surface area (Å²) < 4.78 is 5.34. The largest absolute Gasteiger partial charge is 0.381 e. The van der Waals surface area contributed by atoms with E-state index in [1.54, 1.807) is 0 Å². The molecule has 1 saturated heterocycles. The summed E-state index contributed by atoms with van der Waals surface area (Å²) in [5.41, 5.74) is 6.39. The second kappa shape index (κ2) is 3.35. The Morgan fingerprint density at radius 1 is 1.33 bits per heavy atom. The highest BCUT2D eigenvalue weighted by atomic mass is 16.5. The van der Waals surface area contributed by atoms with Gasteiger partial charge in [-0.1, -0.05) is 6.92 Å². The minimum atomic E-state index is -0.0356. The van der Waals surface area contributed by atoms with Gasteiger partial charge in [-0.2, -0.15) is 0 Å². The Balaban J connectivity index is 2.47. The Morgan fingerprint density at radius 2 is 1.83 bits per heavy atom. The molecule has 0 unspecified atom stereocenters. The van der Waals surface area contributed by atoms with Crippen molar-refractivity contribution < 1.29 is 4.74 Å². The lowest BCUT2D eigenvalue weighted by Gasteiger charge is -2.38. The van der Waals surface area contributed by atoms with Gasteiger partial charge in [0.15, 0.2) is 0 Å². The minimum Gasteiger partial charge on any atom is -0.381 e. The Hall–Kier alpha value is -0.0800. The Morgan fingerprint density at radius 3 is 2.25 bits per heavy atom. The van der Waals surface area contributed by atoms with Gasteiger partial charge in [-0.25, -0.2) is 0 Å². The molecule has 2 N–H and O–H groups in total. The molecule has 72 valence electrons. The fourth-order valence-corrected chi connectivity index (χ4v) is 2.14. The SMILES string of the molecule is CC(C)(N)CC1(C)CCOCC1. The average Bonchev–Trinajstić information content (AvgIpc) is 1.83. The van der Waals surface area contributed by atoms with Crippen LogP contribution in [0.15, 0.2) is 0 Å². The summed E-state index contributed by atoms with van der Waals surface area (Å²) in [7, 11) is 0. The van der Waals surface area contributed by atoms with Crippen LogP contribution in [-0.4, -0.2) is 18.8 Å². The fraction of sp³-hybridized carbons (Fsp3) is 1.00. The molecule has 1 aliphatic heterocycles. The smallest absolute Gasteiger partial charge is 0.0471 e. The van der Waals surface area contributed by atoms with Crippen LogP contribution < -0.4 is 5.73 Å². The van der Waals surface area contributed by atoms with Gasteiger partial charge in [0.05, 0.1) is 0 Å². The van der Waals surface area contributed by atoms with E-state index in [4.69, 9.17) is 10.5 Å². The first-order valence-electron chi connectivity index (χ1n) is 4.78. The molecule has 2 nitrogen and oxygen atoms in total. The molecule has 0 radical (unpaired) electrons. The molecule has 0 aromatic heterocycles. The third-order valence-corrected chi connectivity index (χ3v) is 2.58. The maximum atomic E-state index is 6.01. The zero-order chi connectivity index (χ0) is 9.24. The summed E-state index contributed by atoms with van der Waals surface area (Å²) in [5, 5.41) is 0. The zero-order valence-corrected chi connectivity index (χ0v) is 8.52. The second-order valence-corrected chi connectivity index (χ2v) is 5.09. The molecule has 2 heteroatoms. The van der Waals surface area contributed by atoms with Crippen LogP contribution in [0.1, 0.15) is 40.0 Å². The second-order valence-electron chi connectivity index (χ2n) is 5.09. The first kappa shape index (κ1) is 10.0. The van der Waals surface area contributed by atoms with Gasteiger partial charge in [0.25, 0.3) is 0 Å². The van der Waals surface area contributed by atoms with Gasteiger partial charge in [0, 0.05) is 18.8 Å². The summed E-state index contributed by atoms with van der Waals surface area (Å²) in [6, 6.07) is 0. The van der Waals surface area contributed by atoms with Gasteiger partial charge in [-0.05, 0) is 38.5 Å². The predicted molar refractivity (Wildman–Crippen MR) is 51.0 cm³/mol. The van der Waals surface area contributed by atoms with Crippen molar-refractivity contribution in [3.63, 3.8) is 0 Å². The van der Waals surface area contributed by atoms with Gasteiger partial charge in [0.1, 0.15) is 0 Å². The normalized spacial score (nSPS) is 24.0. The Kier molecular flexibility index (Phi) is 2.79. The van der Waals surface area contributed by atoms with Crippen LogP contribution in [-0.2, 0) is 4.74 Å². The molecular weight excluding hydrogens is 150 g/mol. The maximum absolute atomic E-state index is 6.01. The van der Waals surface area contributed by atoms with E-state index >= 15 is 0 Å². The van der Waals surface area contributed by atoms with Gasteiger partial charge in [-0.3, -0.25) is 0 Å². The zero-order valence-electron chi connectivity index (χ0n) is 8.52. The summed E-state index contributed by atoms with van der Waals surface area (Å²) in [5.74, 6) is 0. The van der Waals surface area contributed by atoms with Gasteiger partial charge in [0.2, 0.25) is 0 Å². The van der Waals surface area contributed by atoms with Crippen molar-refractivity contribution in [3.05, 3.63) is 0 Å². The summed E-state index contributed by atoms with van der Waals surface area (Å²) in [6.45, 7) is 8.35. The maximum Gasteiger partial charge on any atom is 0.0471 e. The van der Waals surface area contributed by atoms with Crippen LogP contribution in [0, 0.1) is 5.41 Å². The third kappa shape index (κ3) is 3.11. The highest BCUT2D eigenvalue weighted by molar-refractivity contribution is 4.86. The highest BCUT2D eigenvalue weighted by Crippen LogP contribution is 2.36. The van der Waals surface area contributed by atoms with Crippen LogP contribution in [0.2, 0.25) is 0 Å². The fourth-order valence-electron chi connectivity index (χ4n) is 2.14. The van der Waals surface area contributed by atoms with E-state index in [0.717, 1.165) is 32.5 Å². The van der Waals surface area contributed by atoms with Crippen LogP contribution in [0.4, 0.5) is 0 Å². The van der Waals surface area contributed by atoms with Crippen molar-refractivity contribution in [2.75, 3.05) is 13.2 Å². The first-order valence-corrected chi connectivity index (χ1v) is 4.78. The lowest BCUT2D eigenvalue weighted by Crippen LogP contribution is -2.40. The first-order chi connectivity index (χ1) is 5.41. The van der Waals surface area contributed by atoms with Crippen LogP contribution in [0.3, 0.4) is 0 Å². The molecule has 1 aliphatic rings. The van der Waals surface area contributed by atoms with Crippen molar-refractivity contribution in [1.29, 1.82) is 0 Å². The van der Waals surface area contributed by atoms with E-state index in [9.17, 15) is 0 Å². The topological polar surface area (TPSA) is 35.2 Å². The molecule has 0 saturated carbocycles. The molecule has 12 heavy (non-hydrogen) atoms. The molecule has 0 atom stereocenters. The van der Waals surface area contributed by atoms with E-state index in [1.165, 1.54) is 0 Å². The number of rotatable bonds is 2. The summed E-state index contributed by atoms with van der Waals surface area (Å²) in [4.78, 5) is 0. The monoisotopic (exact) mass is 171 g/mol. The minimum absolute atomic E-state index is 0.0356. The van der Waals surface area contributed by atoms with E-state index < -0.39 is 0 Å². The van der Waals surface area contributed by atoms with Crippen molar-refractivity contribution in [2.24, 2.45) is 11.1 Å². The number of hydrogen-bond donors (Lipinski definition) is 1. The van der Waals surface area contributed by atoms with E-state index in [-0.39, 0.29) is 5.54 Å². The van der Waals surface area contributed by atoms with E-state index in [0.29, 0.717) is 5.41 Å². The molecule has 1 fully saturated rings. The molecular formula is C10H21NO. The molecule has 0 aromatic carbocycles. The Labute approximate surface area is 75.5 Å². The molecule has 0 amide bonds. The summed E-state index contributed by atoms with van der Waals surface area (Å²) >= 11 is 0. The Bertz CT molecular complexity index is 142. The molecule has 0 aromatic rings. The van der Waals surface area contributed by atoms with E-state index in [1.807, 2.05) is 0 Å². The number of nitrogens with two attached hydrogens (primary N) is 1.